The van der Waals surface area contributed by atoms with Gasteiger partial charge in [-0.1, -0.05) is 40.0 Å². The Bertz CT molecular complexity index is 187. The lowest BCUT2D eigenvalue weighted by molar-refractivity contribution is -0.135. The Morgan fingerprint density at radius 2 is 1.59 bits per heavy atom. The largest absolute Gasteiger partial charge is 0.342 e. The number of amides is 1. The molecule has 0 aliphatic heterocycles. The highest BCUT2D eigenvalue weighted by Gasteiger charge is 2.21. The molecule has 0 aliphatic carbocycles. The molecule has 2 N–H and O–H groups in total. The van der Waals surface area contributed by atoms with E-state index in [1.165, 1.54) is 0 Å². The molecule has 0 aromatic carbocycles. The Labute approximate surface area is 107 Å². The molecule has 0 bridgehead atoms. The average Bonchev–Trinajstić information content (AvgIpc) is 2.35. The van der Waals surface area contributed by atoms with Gasteiger partial charge in [0.1, 0.15) is 0 Å². The fraction of sp³-hybridized carbons (Fsp3) is 0.929. The van der Waals surface area contributed by atoms with Crippen molar-refractivity contribution in [2.45, 2.75) is 59.3 Å². The van der Waals surface area contributed by atoms with Gasteiger partial charge in [-0.05, 0) is 19.3 Å². The minimum absolute atomic E-state index is 0.0358. The first-order valence-electron chi connectivity index (χ1n) is 7.19. The first-order valence-corrected chi connectivity index (χ1v) is 7.19. The topological polar surface area (TPSA) is 46.3 Å². The molecule has 17 heavy (non-hydrogen) atoms. The SMILES string of the molecule is CCCCN(CCCC)C(=O)C(CN)CCC. The van der Waals surface area contributed by atoms with Crippen LogP contribution >= 0.6 is 0 Å². The van der Waals surface area contributed by atoms with Gasteiger partial charge in [-0.25, -0.2) is 0 Å². The van der Waals surface area contributed by atoms with Gasteiger partial charge in [-0.2, -0.15) is 0 Å². The Kier molecular flexibility index (Phi) is 10.2. The summed E-state index contributed by atoms with van der Waals surface area (Å²) in [6, 6.07) is 0. The molecule has 0 aliphatic rings. The number of unbranched alkanes of at least 4 members (excludes halogenated alkanes) is 2. The summed E-state index contributed by atoms with van der Waals surface area (Å²) >= 11 is 0. The molecule has 102 valence electrons. The van der Waals surface area contributed by atoms with Crippen molar-refractivity contribution in [2.75, 3.05) is 19.6 Å². The summed E-state index contributed by atoms with van der Waals surface area (Å²) in [5.74, 6) is 0.310. The third-order valence-electron chi connectivity index (χ3n) is 3.15. The number of carbonyl (C=O) groups is 1. The molecule has 0 heterocycles. The standard InChI is InChI=1S/C14H30N2O/c1-4-7-10-16(11-8-5-2)14(17)13(12-15)9-6-3/h13H,4-12,15H2,1-3H3. The van der Waals surface area contributed by atoms with Crippen LogP contribution in [0.25, 0.3) is 0 Å². The van der Waals surface area contributed by atoms with Crippen LogP contribution in [0.5, 0.6) is 0 Å². The summed E-state index contributed by atoms with van der Waals surface area (Å²) in [7, 11) is 0. The van der Waals surface area contributed by atoms with E-state index in [9.17, 15) is 4.79 Å². The zero-order valence-electron chi connectivity index (χ0n) is 11.9. The van der Waals surface area contributed by atoms with E-state index in [1.807, 2.05) is 4.90 Å². The lowest BCUT2D eigenvalue weighted by atomic mass is 10.0. The maximum atomic E-state index is 12.3. The van der Waals surface area contributed by atoms with Crippen molar-refractivity contribution < 1.29 is 4.79 Å². The zero-order chi connectivity index (χ0) is 13.1. The molecule has 0 saturated heterocycles. The molecule has 0 radical (unpaired) electrons. The molecule has 0 saturated carbocycles. The lowest BCUT2D eigenvalue weighted by Gasteiger charge is -2.26. The number of carbonyl (C=O) groups excluding carboxylic acids is 1. The predicted octanol–water partition coefficient (Wildman–Crippen LogP) is 2.79. The Balaban J connectivity index is 4.35. The molecular weight excluding hydrogens is 212 g/mol. The van der Waals surface area contributed by atoms with Crippen LogP contribution in [0.1, 0.15) is 59.3 Å². The summed E-state index contributed by atoms with van der Waals surface area (Å²) in [4.78, 5) is 14.4. The first-order chi connectivity index (χ1) is 8.21. The van der Waals surface area contributed by atoms with E-state index in [1.54, 1.807) is 0 Å². The van der Waals surface area contributed by atoms with Gasteiger partial charge in [0.2, 0.25) is 5.91 Å². The quantitative estimate of drug-likeness (QED) is 0.640. The fourth-order valence-electron chi connectivity index (χ4n) is 1.98. The molecule has 0 aromatic rings. The number of nitrogens with two attached hydrogens (primary N) is 1. The monoisotopic (exact) mass is 242 g/mol. The Hall–Kier alpha value is -0.570. The fourth-order valence-corrected chi connectivity index (χ4v) is 1.98. The molecule has 0 fully saturated rings. The van der Waals surface area contributed by atoms with E-state index in [4.69, 9.17) is 5.73 Å². The first kappa shape index (κ1) is 16.4. The van der Waals surface area contributed by atoms with Crippen molar-refractivity contribution >= 4 is 5.91 Å². The second-order valence-corrected chi connectivity index (χ2v) is 4.75. The number of hydrogen-bond donors (Lipinski definition) is 1. The van der Waals surface area contributed by atoms with Crippen LogP contribution in [0.15, 0.2) is 0 Å². The van der Waals surface area contributed by atoms with E-state index in [0.717, 1.165) is 51.6 Å². The normalized spacial score (nSPS) is 12.5. The average molecular weight is 242 g/mol. The van der Waals surface area contributed by atoms with Crippen molar-refractivity contribution in [1.29, 1.82) is 0 Å². The highest BCUT2D eigenvalue weighted by atomic mass is 16.2. The van der Waals surface area contributed by atoms with Crippen molar-refractivity contribution in [3.05, 3.63) is 0 Å². The van der Waals surface area contributed by atoms with Gasteiger partial charge in [0, 0.05) is 19.6 Å². The van der Waals surface area contributed by atoms with E-state index in [-0.39, 0.29) is 11.8 Å². The van der Waals surface area contributed by atoms with Crippen LogP contribution in [0.3, 0.4) is 0 Å². The Morgan fingerprint density at radius 1 is 1.06 bits per heavy atom. The minimum atomic E-state index is 0.0358. The molecule has 1 amide bonds. The third kappa shape index (κ3) is 6.67. The van der Waals surface area contributed by atoms with E-state index in [0.29, 0.717) is 6.54 Å². The molecule has 3 heteroatoms. The number of rotatable bonds is 10. The highest BCUT2D eigenvalue weighted by Crippen LogP contribution is 2.11. The van der Waals surface area contributed by atoms with E-state index in [2.05, 4.69) is 20.8 Å². The predicted molar refractivity (Wildman–Crippen MR) is 73.8 cm³/mol. The van der Waals surface area contributed by atoms with Crippen LogP contribution < -0.4 is 5.73 Å². The Morgan fingerprint density at radius 3 is 1.94 bits per heavy atom. The van der Waals surface area contributed by atoms with Crippen LogP contribution in [0, 0.1) is 5.92 Å². The van der Waals surface area contributed by atoms with Gasteiger partial charge in [0.05, 0.1) is 5.92 Å². The maximum absolute atomic E-state index is 12.3. The summed E-state index contributed by atoms with van der Waals surface area (Å²) in [5.41, 5.74) is 5.71. The smallest absolute Gasteiger partial charge is 0.226 e. The molecule has 0 aromatic heterocycles. The van der Waals surface area contributed by atoms with Crippen molar-refractivity contribution in [1.82, 2.24) is 4.90 Å². The van der Waals surface area contributed by atoms with Gasteiger partial charge in [-0.15, -0.1) is 0 Å². The molecule has 1 unspecified atom stereocenters. The van der Waals surface area contributed by atoms with Crippen molar-refractivity contribution in [2.24, 2.45) is 11.7 Å². The van der Waals surface area contributed by atoms with Crippen molar-refractivity contribution in [3.63, 3.8) is 0 Å². The van der Waals surface area contributed by atoms with Crippen LogP contribution in [0.2, 0.25) is 0 Å². The minimum Gasteiger partial charge on any atom is -0.342 e. The molecule has 0 spiro atoms. The third-order valence-corrected chi connectivity index (χ3v) is 3.15. The maximum Gasteiger partial charge on any atom is 0.226 e. The summed E-state index contributed by atoms with van der Waals surface area (Å²) in [5, 5.41) is 0. The molecular formula is C14H30N2O. The summed E-state index contributed by atoms with van der Waals surface area (Å²) in [6.07, 6.45) is 6.42. The molecule has 3 nitrogen and oxygen atoms in total. The number of nitrogens with zero attached hydrogens (tertiary/aromatic N) is 1. The highest BCUT2D eigenvalue weighted by molar-refractivity contribution is 5.79. The van der Waals surface area contributed by atoms with Gasteiger partial charge >= 0.3 is 0 Å². The van der Waals surface area contributed by atoms with Crippen molar-refractivity contribution in [3.8, 4) is 0 Å². The van der Waals surface area contributed by atoms with Crippen LogP contribution in [-0.2, 0) is 4.79 Å². The van der Waals surface area contributed by atoms with Gasteiger partial charge < -0.3 is 10.6 Å². The zero-order valence-corrected chi connectivity index (χ0v) is 11.9. The second-order valence-electron chi connectivity index (χ2n) is 4.75. The van der Waals surface area contributed by atoms with Crippen LogP contribution in [-0.4, -0.2) is 30.4 Å². The molecule has 0 rings (SSSR count). The van der Waals surface area contributed by atoms with E-state index < -0.39 is 0 Å². The van der Waals surface area contributed by atoms with Crippen LogP contribution in [0.4, 0.5) is 0 Å². The lowest BCUT2D eigenvalue weighted by Crippen LogP contribution is -2.40. The van der Waals surface area contributed by atoms with E-state index >= 15 is 0 Å². The van der Waals surface area contributed by atoms with Gasteiger partial charge in [-0.3, -0.25) is 4.79 Å². The molecule has 1 atom stereocenters. The number of hydrogen-bond acceptors (Lipinski definition) is 2. The summed E-state index contributed by atoms with van der Waals surface area (Å²) in [6.45, 7) is 8.72. The van der Waals surface area contributed by atoms with Gasteiger partial charge in [0.15, 0.2) is 0 Å². The second kappa shape index (κ2) is 10.6. The van der Waals surface area contributed by atoms with Gasteiger partial charge in [0.25, 0.3) is 0 Å². The summed E-state index contributed by atoms with van der Waals surface area (Å²) < 4.78 is 0.